The Balaban J connectivity index is 2.88. The van der Waals surface area contributed by atoms with E-state index in [1.165, 1.54) is 6.07 Å². The molecule has 0 bridgehead atoms. The lowest BCUT2D eigenvalue weighted by atomic mass is 9.93. The fraction of sp³-hybridized carbons (Fsp3) is 0.500. The van der Waals surface area contributed by atoms with Crippen LogP contribution in [0.2, 0.25) is 0 Å². The van der Waals surface area contributed by atoms with Crippen LogP contribution in [0.15, 0.2) is 18.2 Å². The van der Waals surface area contributed by atoms with Gasteiger partial charge in [0.05, 0.1) is 5.69 Å². The summed E-state index contributed by atoms with van der Waals surface area (Å²) in [6.45, 7) is 5.04. The van der Waals surface area contributed by atoms with Gasteiger partial charge in [0.1, 0.15) is 11.6 Å². The van der Waals surface area contributed by atoms with Gasteiger partial charge in [-0.05, 0) is 24.1 Å². The SMILES string of the molecule is CN(CC(C)(C)CN)c1cc(F)ccc1F. The highest BCUT2D eigenvalue weighted by atomic mass is 19.1. The number of hydrogen-bond acceptors (Lipinski definition) is 2. The highest BCUT2D eigenvalue weighted by molar-refractivity contribution is 5.47. The number of nitrogens with zero attached hydrogens (tertiary/aromatic N) is 1. The lowest BCUT2D eigenvalue weighted by molar-refractivity contribution is 0.383. The van der Waals surface area contributed by atoms with E-state index < -0.39 is 11.6 Å². The Labute approximate surface area is 95.1 Å². The minimum atomic E-state index is -0.436. The second-order valence-corrected chi connectivity index (χ2v) is 4.82. The first-order valence-corrected chi connectivity index (χ1v) is 5.22. The number of rotatable bonds is 4. The van der Waals surface area contributed by atoms with Crippen molar-refractivity contribution in [2.45, 2.75) is 13.8 Å². The predicted molar refractivity (Wildman–Crippen MR) is 62.5 cm³/mol. The van der Waals surface area contributed by atoms with Crippen molar-refractivity contribution in [3.8, 4) is 0 Å². The van der Waals surface area contributed by atoms with Crippen LogP contribution in [-0.4, -0.2) is 20.1 Å². The van der Waals surface area contributed by atoms with Crippen molar-refractivity contribution < 1.29 is 8.78 Å². The van der Waals surface area contributed by atoms with Crippen molar-refractivity contribution in [1.82, 2.24) is 0 Å². The molecule has 0 aliphatic rings. The molecule has 0 saturated heterocycles. The summed E-state index contributed by atoms with van der Waals surface area (Å²) < 4.78 is 26.5. The van der Waals surface area contributed by atoms with Gasteiger partial charge in [-0.1, -0.05) is 13.8 Å². The van der Waals surface area contributed by atoms with Crippen molar-refractivity contribution in [2.75, 3.05) is 25.0 Å². The average Bonchev–Trinajstić information content (AvgIpc) is 2.21. The average molecular weight is 228 g/mol. The lowest BCUT2D eigenvalue weighted by Crippen LogP contribution is -2.37. The van der Waals surface area contributed by atoms with E-state index in [1.807, 2.05) is 13.8 Å². The molecule has 1 aromatic carbocycles. The largest absolute Gasteiger partial charge is 0.372 e. The number of hydrogen-bond donors (Lipinski definition) is 1. The van der Waals surface area contributed by atoms with Gasteiger partial charge in [0.15, 0.2) is 0 Å². The molecule has 0 saturated carbocycles. The Hall–Kier alpha value is -1.16. The molecule has 1 aromatic rings. The third-order valence-electron chi connectivity index (χ3n) is 2.54. The maximum Gasteiger partial charge on any atom is 0.146 e. The molecule has 0 amide bonds. The summed E-state index contributed by atoms with van der Waals surface area (Å²) >= 11 is 0. The molecule has 0 fully saturated rings. The van der Waals surface area contributed by atoms with Gasteiger partial charge >= 0.3 is 0 Å². The molecule has 0 spiro atoms. The predicted octanol–water partition coefficient (Wildman–Crippen LogP) is 2.39. The molecular formula is C12H18F2N2. The van der Waals surface area contributed by atoms with Gasteiger partial charge in [-0.25, -0.2) is 8.78 Å². The van der Waals surface area contributed by atoms with E-state index >= 15 is 0 Å². The van der Waals surface area contributed by atoms with E-state index in [1.54, 1.807) is 11.9 Å². The standard InChI is InChI=1S/C12H18F2N2/c1-12(2,7-15)8-16(3)11-6-9(13)4-5-10(11)14/h4-6H,7-8,15H2,1-3H3. The minimum Gasteiger partial charge on any atom is -0.372 e. The van der Waals surface area contributed by atoms with Gasteiger partial charge in [-0.2, -0.15) is 0 Å². The van der Waals surface area contributed by atoms with Crippen LogP contribution in [0.25, 0.3) is 0 Å². The van der Waals surface area contributed by atoms with E-state index in [2.05, 4.69) is 0 Å². The monoisotopic (exact) mass is 228 g/mol. The van der Waals surface area contributed by atoms with E-state index in [0.29, 0.717) is 13.1 Å². The van der Waals surface area contributed by atoms with Crippen molar-refractivity contribution in [2.24, 2.45) is 11.1 Å². The zero-order valence-electron chi connectivity index (χ0n) is 9.93. The Morgan fingerprint density at radius 3 is 2.50 bits per heavy atom. The first kappa shape index (κ1) is 12.9. The third-order valence-corrected chi connectivity index (χ3v) is 2.54. The second-order valence-electron chi connectivity index (χ2n) is 4.82. The molecule has 2 N–H and O–H groups in total. The van der Waals surface area contributed by atoms with E-state index in [-0.39, 0.29) is 11.1 Å². The first-order valence-electron chi connectivity index (χ1n) is 5.22. The van der Waals surface area contributed by atoms with E-state index in [9.17, 15) is 8.78 Å². The van der Waals surface area contributed by atoms with Crippen LogP contribution in [0, 0.1) is 17.0 Å². The number of benzene rings is 1. The van der Waals surface area contributed by atoms with Crippen LogP contribution in [0.1, 0.15) is 13.8 Å². The summed E-state index contributed by atoms with van der Waals surface area (Å²) in [6.07, 6.45) is 0. The minimum absolute atomic E-state index is 0.131. The molecule has 16 heavy (non-hydrogen) atoms. The molecule has 0 atom stereocenters. The normalized spacial score (nSPS) is 11.6. The first-order chi connectivity index (χ1) is 7.35. The fourth-order valence-corrected chi connectivity index (χ4v) is 1.57. The van der Waals surface area contributed by atoms with Crippen LogP contribution in [0.3, 0.4) is 0 Å². The van der Waals surface area contributed by atoms with Crippen molar-refractivity contribution >= 4 is 5.69 Å². The van der Waals surface area contributed by atoms with Crippen LogP contribution >= 0.6 is 0 Å². The number of anilines is 1. The Bertz CT molecular complexity index is 364. The van der Waals surface area contributed by atoms with Crippen molar-refractivity contribution in [3.05, 3.63) is 29.8 Å². The molecule has 0 aromatic heterocycles. The quantitative estimate of drug-likeness (QED) is 0.857. The molecule has 0 radical (unpaired) electrons. The smallest absolute Gasteiger partial charge is 0.146 e. The molecule has 1 rings (SSSR count). The number of halogens is 2. The van der Waals surface area contributed by atoms with Crippen LogP contribution < -0.4 is 10.6 Å². The van der Waals surface area contributed by atoms with Crippen LogP contribution in [0.4, 0.5) is 14.5 Å². The van der Waals surface area contributed by atoms with Gasteiger partial charge in [0.25, 0.3) is 0 Å². The summed E-state index contributed by atoms with van der Waals surface area (Å²) in [6, 6.07) is 3.44. The van der Waals surface area contributed by atoms with Crippen molar-refractivity contribution in [3.63, 3.8) is 0 Å². The molecule has 4 heteroatoms. The molecule has 0 aliphatic carbocycles. The van der Waals surface area contributed by atoms with Crippen LogP contribution in [-0.2, 0) is 0 Å². The summed E-state index contributed by atoms with van der Waals surface area (Å²) in [7, 11) is 1.73. The second kappa shape index (κ2) is 4.78. The van der Waals surface area contributed by atoms with Gasteiger partial charge in [-0.3, -0.25) is 0 Å². The maximum absolute atomic E-state index is 13.5. The summed E-state index contributed by atoms with van der Waals surface area (Å²) in [5, 5.41) is 0. The molecule has 0 unspecified atom stereocenters. The van der Waals surface area contributed by atoms with Gasteiger partial charge in [0, 0.05) is 19.7 Å². The fourth-order valence-electron chi connectivity index (χ4n) is 1.57. The third kappa shape index (κ3) is 3.17. The molecular weight excluding hydrogens is 210 g/mol. The van der Waals surface area contributed by atoms with E-state index in [4.69, 9.17) is 5.73 Å². The topological polar surface area (TPSA) is 29.3 Å². The van der Waals surface area contributed by atoms with Gasteiger partial charge in [-0.15, -0.1) is 0 Å². The van der Waals surface area contributed by atoms with Crippen molar-refractivity contribution in [1.29, 1.82) is 0 Å². The Morgan fingerprint density at radius 2 is 1.94 bits per heavy atom. The van der Waals surface area contributed by atoms with Crippen LogP contribution in [0.5, 0.6) is 0 Å². The zero-order chi connectivity index (χ0) is 12.3. The maximum atomic E-state index is 13.5. The van der Waals surface area contributed by atoms with E-state index in [0.717, 1.165) is 12.1 Å². The summed E-state index contributed by atoms with van der Waals surface area (Å²) in [5.74, 6) is -0.856. The highest BCUT2D eigenvalue weighted by Gasteiger charge is 2.20. The lowest BCUT2D eigenvalue weighted by Gasteiger charge is -2.30. The van der Waals surface area contributed by atoms with Gasteiger partial charge in [0.2, 0.25) is 0 Å². The molecule has 0 aliphatic heterocycles. The zero-order valence-corrected chi connectivity index (χ0v) is 9.93. The summed E-state index contributed by atoms with van der Waals surface area (Å²) in [5.41, 5.74) is 5.74. The Kier molecular flexibility index (Phi) is 3.86. The molecule has 2 nitrogen and oxygen atoms in total. The molecule has 0 heterocycles. The summed E-state index contributed by atoms with van der Waals surface area (Å²) in [4.78, 5) is 1.69. The highest BCUT2D eigenvalue weighted by Crippen LogP contribution is 2.23. The molecule has 90 valence electrons. The number of nitrogens with two attached hydrogens (primary N) is 1. The van der Waals surface area contributed by atoms with Gasteiger partial charge < -0.3 is 10.6 Å². The Morgan fingerprint density at radius 1 is 1.31 bits per heavy atom.